The minimum Gasteiger partial charge on any atom is -0.347 e. The third-order valence-corrected chi connectivity index (χ3v) is 3.79. The summed E-state index contributed by atoms with van der Waals surface area (Å²) in [7, 11) is 0. The first kappa shape index (κ1) is 14.8. The van der Waals surface area contributed by atoms with Crippen LogP contribution < -0.4 is 5.32 Å². The van der Waals surface area contributed by atoms with Crippen molar-refractivity contribution in [3.63, 3.8) is 0 Å². The maximum atomic E-state index is 12.1. The number of hydrogen-bond acceptors (Lipinski definition) is 1. The van der Waals surface area contributed by atoms with Gasteiger partial charge in [-0.25, -0.2) is 0 Å². The van der Waals surface area contributed by atoms with Crippen LogP contribution in [-0.4, -0.2) is 17.3 Å². The van der Waals surface area contributed by atoms with Crippen LogP contribution in [0.3, 0.4) is 0 Å². The van der Waals surface area contributed by atoms with Gasteiger partial charge in [0, 0.05) is 20.6 Å². The average Bonchev–Trinajstić information content (AvgIpc) is 2.29. The van der Waals surface area contributed by atoms with E-state index in [0.717, 1.165) is 16.4 Å². The molecule has 17 heavy (non-hydrogen) atoms. The maximum Gasteiger partial charge on any atom is 0.251 e. The van der Waals surface area contributed by atoms with E-state index in [2.05, 4.69) is 34.8 Å². The van der Waals surface area contributed by atoms with Crippen molar-refractivity contribution in [2.24, 2.45) is 0 Å². The van der Waals surface area contributed by atoms with Gasteiger partial charge in [0.25, 0.3) is 5.91 Å². The van der Waals surface area contributed by atoms with E-state index in [1.165, 1.54) is 0 Å². The number of halogens is 2. The van der Waals surface area contributed by atoms with E-state index < -0.39 is 0 Å². The monoisotopic (exact) mass is 365 g/mol. The third-order valence-electron chi connectivity index (χ3n) is 2.93. The van der Waals surface area contributed by atoms with E-state index in [1.54, 1.807) is 0 Å². The minimum absolute atomic E-state index is 0.0296. The first-order valence-corrected chi connectivity index (χ1v) is 7.26. The van der Waals surface area contributed by atoms with Gasteiger partial charge in [-0.05, 0) is 60.6 Å². The number of carbonyl (C=O) groups is 1. The summed E-state index contributed by atoms with van der Waals surface area (Å²) in [4.78, 5) is 12.1. The van der Waals surface area contributed by atoms with Crippen molar-refractivity contribution in [3.05, 3.63) is 33.4 Å². The van der Waals surface area contributed by atoms with E-state index in [9.17, 15) is 4.79 Å². The Labute approximate surface area is 121 Å². The molecule has 4 heteroatoms. The van der Waals surface area contributed by atoms with Gasteiger partial charge in [0.1, 0.15) is 0 Å². The number of amides is 1. The van der Waals surface area contributed by atoms with E-state index in [-0.39, 0.29) is 11.4 Å². The zero-order chi connectivity index (χ0) is 12.9. The average molecular weight is 366 g/mol. The highest BCUT2D eigenvalue weighted by Crippen LogP contribution is 2.17. The smallest absolute Gasteiger partial charge is 0.251 e. The molecule has 1 rings (SSSR count). The number of benzene rings is 1. The van der Waals surface area contributed by atoms with Crippen LogP contribution in [0.2, 0.25) is 0 Å². The van der Waals surface area contributed by atoms with Gasteiger partial charge >= 0.3 is 0 Å². The molecule has 1 atom stereocenters. The van der Waals surface area contributed by atoms with Crippen LogP contribution in [0, 0.1) is 3.57 Å². The molecular weight excluding hydrogens is 349 g/mol. The molecule has 0 aliphatic heterocycles. The summed E-state index contributed by atoms with van der Waals surface area (Å²) >= 11 is 7.97. The molecule has 0 heterocycles. The highest BCUT2D eigenvalue weighted by atomic mass is 127. The van der Waals surface area contributed by atoms with Gasteiger partial charge in [-0.15, -0.1) is 11.6 Å². The Bertz CT molecular complexity index is 397. The summed E-state index contributed by atoms with van der Waals surface area (Å²) < 4.78 is 1.06. The minimum atomic E-state index is -0.222. The first-order chi connectivity index (χ1) is 8.00. The fraction of sp³-hybridized carbons (Fsp3) is 0.462. The molecule has 1 unspecified atom stereocenters. The van der Waals surface area contributed by atoms with E-state index in [0.29, 0.717) is 11.4 Å². The largest absolute Gasteiger partial charge is 0.347 e. The summed E-state index contributed by atoms with van der Waals surface area (Å²) in [5, 5.41) is 3.06. The molecule has 0 aromatic heterocycles. The van der Waals surface area contributed by atoms with E-state index in [1.807, 2.05) is 31.2 Å². The summed E-state index contributed by atoms with van der Waals surface area (Å²) in [5.74, 6) is 0.523. The second-order valence-electron chi connectivity index (χ2n) is 4.32. The molecule has 0 aliphatic carbocycles. The predicted molar refractivity (Wildman–Crippen MR) is 80.7 cm³/mol. The van der Waals surface area contributed by atoms with Gasteiger partial charge in [0.2, 0.25) is 0 Å². The van der Waals surface area contributed by atoms with Gasteiger partial charge in [0.15, 0.2) is 0 Å². The van der Waals surface area contributed by atoms with Crippen molar-refractivity contribution in [2.45, 2.75) is 32.2 Å². The summed E-state index contributed by atoms with van der Waals surface area (Å²) in [6.45, 7) is 4.09. The Morgan fingerprint density at radius 2 is 2.24 bits per heavy atom. The zero-order valence-corrected chi connectivity index (χ0v) is 13.0. The molecule has 1 N–H and O–H groups in total. The van der Waals surface area contributed by atoms with Crippen LogP contribution in [0.15, 0.2) is 24.3 Å². The lowest BCUT2D eigenvalue weighted by Gasteiger charge is -2.29. The van der Waals surface area contributed by atoms with Crippen LogP contribution in [-0.2, 0) is 0 Å². The number of nitrogens with one attached hydrogen (secondary N) is 1. The maximum absolute atomic E-state index is 12.1. The van der Waals surface area contributed by atoms with Crippen LogP contribution in [0.1, 0.15) is 37.0 Å². The molecule has 94 valence electrons. The normalized spacial score (nSPS) is 14.1. The molecule has 0 aliphatic rings. The van der Waals surface area contributed by atoms with Crippen molar-refractivity contribution in [3.8, 4) is 0 Å². The van der Waals surface area contributed by atoms with Crippen molar-refractivity contribution in [1.82, 2.24) is 5.32 Å². The van der Waals surface area contributed by atoms with Crippen molar-refractivity contribution in [2.75, 3.05) is 5.88 Å². The lowest BCUT2D eigenvalue weighted by atomic mass is 9.95. The molecule has 0 radical (unpaired) electrons. The molecule has 0 saturated carbocycles. The highest BCUT2D eigenvalue weighted by Gasteiger charge is 2.24. The quantitative estimate of drug-likeness (QED) is 0.624. The summed E-state index contributed by atoms with van der Waals surface area (Å²) in [5.41, 5.74) is 0.478. The second kappa shape index (κ2) is 6.59. The lowest BCUT2D eigenvalue weighted by molar-refractivity contribution is 0.0901. The predicted octanol–water partition coefficient (Wildman–Crippen LogP) is 3.82. The summed E-state index contributed by atoms with van der Waals surface area (Å²) in [6.07, 6.45) is 1.65. The van der Waals surface area contributed by atoms with Gasteiger partial charge in [-0.3, -0.25) is 4.79 Å². The fourth-order valence-electron chi connectivity index (χ4n) is 1.51. The Morgan fingerprint density at radius 3 is 2.76 bits per heavy atom. The SMILES string of the molecule is CCC(C)(CCCl)NC(=O)c1cccc(I)c1. The standard InChI is InChI=1S/C13H17ClINO/c1-3-13(2,7-8-14)16-12(17)10-5-4-6-11(15)9-10/h4-6,9H,3,7-8H2,1-2H3,(H,16,17). The molecule has 0 saturated heterocycles. The van der Waals surface area contributed by atoms with Crippen LogP contribution in [0.25, 0.3) is 0 Å². The molecule has 2 nitrogen and oxygen atoms in total. The first-order valence-electron chi connectivity index (χ1n) is 5.65. The fourth-order valence-corrected chi connectivity index (χ4v) is 2.47. The molecular formula is C13H17ClINO. The molecule has 1 amide bonds. The molecule has 1 aromatic carbocycles. The Kier molecular flexibility index (Phi) is 5.73. The van der Waals surface area contributed by atoms with Crippen LogP contribution in [0.4, 0.5) is 0 Å². The molecule has 0 bridgehead atoms. The molecule has 0 fully saturated rings. The molecule has 1 aromatic rings. The second-order valence-corrected chi connectivity index (χ2v) is 5.94. The van der Waals surface area contributed by atoms with Crippen LogP contribution >= 0.6 is 34.2 Å². The molecule has 0 spiro atoms. The Balaban J connectivity index is 2.77. The van der Waals surface area contributed by atoms with Gasteiger partial charge in [0.05, 0.1) is 0 Å². The van der Waals surface area contributed by atoms with E-state index in [4.69, 9.17) is 11.6 Å². The summed E-state index contributed by atoms with van der Waals surface area (Å²) in [6, 6.07) is 7.57. The van der Waals surface area contributed by atoms with Gasteiger partial charge < -0.3 is 5.32 Å². The van der Waals surface area contributed by atoms with Gasteiger partial charge in [-0.2, -0.15) is 0 Å². The topological polar surface area (TPSA) is 29.1 Å². The van der Waals surface area contributed by atoms with E-state index >= 15 is 0 Å². The zero-order valence-electron chi connectivity index (χ0n) is 10.1. The Hall–Kier alpha value is -0.290. The van der Waals surface area contributed by atoms with Gasteiger partial charge in [-0.1, -0.05) is 13.0 Å². The number of hydrogen-bond donors (Lipinski definition) is 1. The lowest BCUT2D eigenvalue weighted by Crippen LogP contribution is -2.45. The number of rotatable bonds is 5. The van der Waals surface area contributed by atoms with Crippen molar-refractivity contribution < 1.29 is 4.79 Å². The van der Waals surface area contributed by atoms with Crippen molar-refractivity contribution in [1.29, 1.82) is 0 Å². The van der Waals surface area contributed by atoms with Crippen molar-refractivity contribution >= 4 is 40.1 Å². The van der Waals surface area contributed by atoms with Crippen LogP contribution in [0.5, 0.6) is 0 Å². The Morgan fingerprint density at radius 1 is 1.53 bits per heavy atom. The third kappa shape index (κ3) is 4.47. The highest BCUT2D eigenvalue weighted by molar-refractivity contribution is 14.1. The number of alkyl halides is 1. The number of carbonyl (C=O) groups excluding carboxylic acids is 1.